The van der Waals surface area contributed by atoms with Gasteiger partial charge in [0.15, 0.2) is 0 Å². The van der Waals surface area contributed by atoms with Gasteiger partial charge < -0.3 is 20.0 Å². The number of hydrogen-bond acceptors (Lipinski definition) is 5. The number of aryl methyl sites for hydroxylation is 1. The topological polar surface area (TPSA) is 85.5 Å². The van der Waals surface area contributed by atoms with Gasteiger partial charge in [0.05, 0.1) is 6.10 Å². The quantitative estimate of drug-likeness (QED) is 0.595. The molecule has 6 nitrogen and oxygen atoms in total. The molecule has 0 aliphatic heterocycles. The van der Waals surface area contributed by atoms with Gasteiger partial charge in [-0.2, -0.15) is 0 Å². The third-order valence-electron chi connectivity index (χ3n) is 1.63. The van der Waals surface area contributed by atoms with Crippen LogP contribution in [0.4, 0.5) is 5.82 Å². The van der Waals surface area contributed by atoms with E-state index < -0.39 is 11.0 Å². The lowest BCUT2D eigenvalue weighted by Gasteiger charge is -2.07. The molecule has 0 saturated heterocycles. The van der Waals surface area contributed by atoms with Crippen LogP contribution in [0, 0.1) is 17.0 Å². The van der Waals surface area contributed by atoms with Gasteiger partial charge in [0.2, 0.25) is 5.75 Å². The third-order valence-corrected chi connectivity index (χ3v) is 1.63. The van der Waals surface area contributed by atoms with Crippen molar-refractivity contribution in [2.75, 3.05) is 6.61 Å². The lowest BCUT2D eigenvalue weighted by molar-refractivity contribution is -0.390. The molecule has 0 aliphatic carbocycles. The fourth-order valence-corrected chi connectivity index (χ4v) is 0.984. The largest absolute Gasteiger partial charge is 0.483 e. The summed E-state index contributed by atoms with van der Waals surface area (Å²) in [4.78, 5) is 13.8. The van der Waals surface area contributed by atoms with Crippen LogP contribution in [-0.4, -0.2) is 27.7 Å². The highest BCUT2D eigenvalue weighted by molar-refractivity contribution is 5.40. The normalized spacial score (nSPS) is 12.2. The Morgan fingerprint density at radius 1 is 1.67 bits per heavy atom. The van der Waals surface area contributed by atoms with E-state index in [1.165, 1.54) is 13.0 Å². The standard InChI is InChI=1S/C9H12N2O4/c1-6-3-4-8(15-5-7(2)12)9(10-6)11(13)14/h3-4,7,12H,5H2,1-2H3. The molecule has 1 aromatic heterocycles. The Hall–Kier alpha value is -1.69. The van der Waals surface area contributed by atoms with Gasteiger partial charge in [-0.3, -0.25) is 0 Å². The minimum Gasteiger partial charge on any atom is -0.483 e. The van der Waals surface area contributed by atoms with Gasteiger partial charge in [-0.1, -0.05) is 0 Å². The van der Waals surface area contributed by atoms with Crippen molar-refractivity contribution in [3.63, 3.8) is 0 Å². The summed E-state index contributed by atoms with van der Waals surface area (Å²) >= 11 is 0. The van der Waals surface area contributed by atoms with Gasteiger partial charge in [-0.25, -0.2) is 0 Å². The van der Waals surface area contributed by atoms with Crippen molar-refractivity contribution < 1.29 is 14.8 Å². The number of aliphatic hydroxyl groups excluding tert-OH is 1. The molecular weight excluding hydrogens is 200 g/mol. The van der Waals surface area contributed by atoms with Gasteiger partial charge in [-0.05, 0) is 29.0 Å². The minimum absolute atomic E-state index is 0.00554. The molecule has 0 fully saturated rings. The first-order chi connectivity index (χ1) is 7.00. The van der Waals surface area contributed by atoms with Crippen LogP contribution in [-0.2, 0) is 0 Å². The first-order valence-corrected chi connectivity index (χ1v) is 4.43. The minimum atomic E-state index is -0.675. The van der Waals surface area contributed by atoms with Crippen LogP contribution in [0.15, 0.2) is 12.1 Å². The van der Waals surface area contributed by atoms with E-state index in [1.54, 1.807) is 13.0 Å². The van der Waals surface area contributed by atoms with E-state index in [-0.39, 0.29) is 18.2 Å². The number of aliphatic hydroxyl groups is 1. The lowest BCUT2D eigenvalue weighted by atomic mass is 10.3. The molecule has 0 radical (unpaired) electrons. The van der Waals surface area contributed by atoms with Crippen molar-refractivity contribution in [2.45, 2.75) is 20.0 Å². The zero-order valence-electron chi connectivity index (χ0n) is 8.51. The Bertz CT molecular complexity index is 365. The summed E-state index contributed by atoms with van der Waals surface area (Å²) < 4.78 is 5.06. The fraction of sp³-hybridized carbons (Fsp3) is 0.444. The van der Waals surface area contributed by atoms with E-state index in [0.717, 1.165) is 0 Å². The number of nitrogens with zero attached hydrogens (tertiary/aromatic N) is 2. The second-order valence-corrected chi connectivity index (χ2v) is 3.19. The van der Waals surface area contributed by atoms with Crippen molar-refractivity contribution >= 4 is 5.82 Å². The highest BCUT2D eigenvalue weighted by Crippen LogP contribution is 2.24. The SMILES string of the molecule is Cc1ccc(OCC(C)O)c([N+](=O)[O-])n1. The van der Waals surface area contributed by atoms with Gasteiger partial charge in [0.25, 0.3) is 0 Å². The molecule has 1 N–H and O–H groups in total. The predicted molar refractivity (Wildman–Crippen MR) is 52.8 cm³/mol. The first-order valence-electron chi connectivity index (χ1n) is 4.43. The number of ether oxygens (including phenoxy) is 1. The van der Waals surface area contributed by atoms with Crippen molar-refractivity contribution in [1.82, 2.24) is 4.98 Å². The Morgan fingerprint density at radius 3 is 2.87 bits per heavy atom. The molecule has 82 valence electrons. The van der Waals surface area contributed by atoms with Gasteiger partial charge >= 0.3 is 5.82 Å². The Labute approximate surface area is 86.7 Å². The van der Waals surface area contributed by atoms with E-state index in [0.29, 0.717) is 5.69 Å². The van der Waals surface area contributed by atoms with Crippen LogP contribution in [0.3, 0.4) is 0 Å². The number of nitro groups is 1. The van der Waals surface area contributed by atoms with E-state index in [4.69, 9.17) is 9.84 Å². The molecule has 1 unspecified atom stereocenters. The average Bonchev–Trinajstić information content (AvgIpc) is 2.15. The third kappa shape index (κ3) is 3.17. The van der Waals surface area contributed by atoms with E-state index >= 15 is 0 Å². The van der Waals surface area contributed by atoms with Crippen LogP contribution in [0.1, 0.15) is 12.6 Å². The monoisotopic (exact) mass is 212 g/mol. The maximum absolute atomic E-state index is 10.6. The molecular formula is C9H12N2O4. The summed E-state index contributed by atoms with van der Waals surface area (Å²) in [7, 11) is 0. The summed E-state index contributed by atoms with van der Waals surface area (Å²) in [6, 6.07) is 3.09. The van der Waals surface area contributed by atoms with E-state index in [9.17, 15) is 10.1 Å². The van der Waals surface area contributed by atoms with Crippen LogP contribution >= 0.6 is 0 Å². The summed E-state index contributed by atoms with van der Waals surface area (Å²) in [5, 5.41) is 19.6. The van der Waals surface area contributed by atoms with Crippen molar-refractivity contribution in [3.05, 3.63) is 27.9 Å². The Balaban J connectivity index is 2.91. The zero-order chi connectivity index (χ0) is 11.4. The van der Waals surface area contributed by atoms with Crippen molar-refractivity contribution in [2.24, 2.45) is 0 Å². The van der Waals surface area contributed by atoms with Crippen LogP contribution < -0.4 is 4.74 Å². The van der Waals surface area contributed by atoms with Crippen LogP contribution in [0.5, 0.6) is 5.75 Å². The van der Waals surface area contributed by atoms with E-state index in [1.807, 2.05) is 0 Å². The molecule has 1 heterocycles. The Kier molecular flexibility index (Phi) is 3.56. The van der Waals surface area contributed by atoms with Crippen molar-refractivity contribution in [3.8, 4) is 5.75 Å². The smallest absolute Gasteiger partial charge is 0.406 e. The highest BCUT2D eigenvalue weighted by atomic mass is 16.6. The van der Waals surface area contributed by atoms with Crippen LogP contribution in [0.25, 0.3) is 0 Å². The molecule has 6 heteroatoms. The summed E-state index contributed by atoms with van der Waals surface area (Å²) in [6.07, 6.45) is -0.675. The van der Waals surface area contributed by atoms with Gasteiger partial charge in [0.1, 0.15) is 12.3 Å². The number of rotatable bonds is 4. The molecule has 15 heavy (non-hydrogen) atoms. The van der Waals surface area contributed by atoms with Crippen molar-refractivity contribution in [1.29, 1.82) is 0 Å². The summed E-state index contributed by atoms with van der Waals surface area (Å²) in [5.41, 5.74) is 0.547. The zero-order valence-corrected chi connectivity index (χ0v) is 8.51. The number of hydrogen-bond donors (Lipinski definition) is 1. The highest BCUT2D eigenvalue weighted by Gasteiger charge is 2.17. The van der Waals surface area contributed by atoms with Gasteiger partial charge in [0, 0.05) is 6.92 Å². The average molecular weight is 212 g/mol. The molecule has 0 bridgehead atoms. The molecule has 0 aromatic carbocycles. The number of aromatic nitrogens is 1. The van der Waals surface area contributed by atoms with Crippen LogP contribution in [0.2, 0.25) is 0 Å². The molecule has 0 amide bonds. The number of pyridine rings is 1. The van der Waals surface area contributed by atoms with Gasteiger partial charge in [-0.15, -0.1) is 0 Å². The molecule has 1 atom stereocenters. The predicted octanol–water partition coefficient (Wildman–Crippen LogP) is 1.06. The maximum atomic E-state index is 10.6. The summed E-state index contributed by atoms with van der Waals surface area (Å²) in [5.74, 6) is -0.248. The first kappa shape index (κ1) is 11.4. The second kappa shape index (κ2) is 4.70. The molecule has 1 rings (SSSR count). The molecule has 0 aliphatic rings. The Morgan fingerprint density at radius 2 is 2.33 bits per heavy atom. The molecule has 0 spiro atoms. The lowest BCUT2D eigenvalue weighted by Crippen LogP contribution is -2.13. The molecule has 0 saturated carbocycles. The maximum Gasteiger partial charge on any atom is 0.406 e. The summed E-state index contributed by atoms with van der Waals surface area (Å²) in [6.45, 7) is 3.20. The molecule has 1 aromatic rings. The van der Waals surface area contributed by atoms with E-state index in [2.05, 4.69) is 4.98 Å². The second-order valence-electron chi connectivity index (χ2n) is 3.19. The fourth-order valence-electron chi connectivity index (χ4n) is 0.984.